The Bertz CT molecular complexity index is 932. The van der Waals surface area contributed by atoms with Gasteiger partial charge in [-0.3, -0.25) is 4.79 Å². The highest BCUT2D eigenvalue weighted by Gasteiger charge is 2.13. The molecule has 0 saturated carbocycles. The summed E-state index contributed by atoms with van der Waals surface area (Å²) in [4.78, 5) is 23.7. The van der Waals surface area contributed by atoms with Crippen LogP contribution in [0, 0.1) is 0 Å². The fourth-order valence-corrected chi connectivity index (χ4v) is 3.28. The lowest BCUT2D eigenvalue weighted by atomic mass is 10.2. The molecule has 0 aliphatic rings. The van der Waals surface area contributed by atoms with Gasteiger partial charge in [-0.1, -0.05) is 32.0 Å². The number of para-hydroxylation sites is 1. The van der Waals surface area contributed by atoms with Crippen molar-refractivity contribution in [1.82, 2.24) is 24.8 Å². The standard InChI is InChI=1S/C23H30N6O/c1-4-29(5-2)13-9-12-24-22(30)21-14-18(17-28(21)3)19-15-25-23(26-16-19)27-20-10-7-6-8-11-20/h6-8,10-11,14-17H,4-5,9,12-13H2,1-3H3,(H,24,30)(H,25,26,27). The van der Waals surface area contributed by atoms with E-state index in [1.54, 1.807) is 12.4 Å². The molecule has 1 amide bonds. The Morgan fingerprint density at radius 2 is 1.77 bits per heavy atom. The van der Waals surface area contributed by atoms with Crippen molar-refractivity contribution in [3.63, 3.8) is 0 Å². The summed E-state index contributed by atoms with van der Waals surface area (Å²) in [5, 5.41) is 6.18. The van der Waals surface area contributed by atoms with Crippen molar-refractivity contribution in [2.45, 2.75) is 20.3 Å². The SMILES string of the molecule is CCN(CC)CCCNC(=O)c1cc(-c2cnc(Nc3ccccc3)nc2)cn1C. The van der Waals surface area contributed by atoms with Crippen LogP contribution in [-0.4, -0.2) is 51.5 Å². The quantitative estimate of drug-likeness (QED) is 0.502. The van der Waals surface area contributed by atoms with E-state index in [2.05, 4.69) is 39.3 Å². The molecule has 1 aromatic carbocycles. The predicted octanol–water partition coefficient (Wildman–Crippen LogP) is 3.69. The summed E-state index contributed by atoms with van der Waals surface area (Å²) in [6, 6.07) is 11.7. The van der Waals surface area contributed by atoms with Crippen LogP contribution < -0.4 is 10.6 Å². The third kappa shape index (κ3) is 5.67. The summed E-state index contributed by atoms with van der Waals surface area (Å²) in [5.41, 5.74) is 3.34. The van der Waals surface area contributed by atoms with Gasteiger partial charge in [-0.2, -0.15) is 0 Å². The zero-order valence-electron chi connectivity index (χ0n) is 17.9. The van der Waals surface area contributed by atoms with E-state index in [-0.39, 0.29) is 5.91 Å². The highest BCUT2D eigenvalue weighted by Crippen LogP contribution is 2.21. The van der Waals surface area contributed by atoms with Crippen molar-refractivity contribution in [3.05, 3.63) is 60.7 Å². The molecular weight excluding hydrogens is 376 g/mol. The van der Waals surface area contributed by atoms with Gasteiger partial charge in [0, 0.05) is 49.0 Å². The Morgan fingerprint density at radius 3 is 2.43 bits per heavy atom. The van der Waals surface area contributed by atoms with Crippen LogP contribution in [0.5, 0.6) is 0 Å². The molecule has 2 heterocycles. The summed E-state index contributed by atoms with van der Waals surface area (Å²) in [6.45, 7) is 8.04. The maximum Gasteiger partial charge on any atom is 0.267 e. The van der Waals surface area contributed by atoms with Crippen LogP contribution >= 0.6 is 0 Å². The molecule has 0 radical (unpaired) electrons. The molecule has 0 atom stereocenters. The summed E-state index contributed by atoms with van der Waals surface area (Å²) in [7, 11) is 1.88. The molecule has 3 aromatic rings. The molecule has 0 aliphatic heterocycles. The monoisotopic (exact) mass is 406 g/mol. The zero-order valence-corrected chi connectivity index (χ0v) is 17.9. The lowest BCUT2D eigenvalue weighted by Gasteiger charge is -2.17. The van der Waals surface area contributed by atoms with Gasteiger partial charge in [0.05, 0.1) is 0 Å². The van der Waals surface area contributed by atoms with Gasteiger partial charge < -0.3 is 20.1 Å². The van der Waals surface area contributed by atoms with E-state index in [1.165, 1.54) is 0 Å². The molecule has 7 nitrogen and oxygen atoms in total. The minimum atomic E-state index is -0.0634. The van der Waals surface area contributed by atoms with Crippen LogP contribution in [0.25, 0.3) is 11.1 Å². The molecular formula is C23H30N6O. The Hall–Kier alpha value is -3.19. The fraction of sp³-hybridized carbons (Fsp3) is 0.348. The summed E-state index contributed by atoms with van der Waals surface area (Å²) >= 11 is 0. The van der Waals surface area contributed by atoms with Crippen molar-refractivity contribution < 1.29 is 4.79 Å². The van der Waals surface area contributed by atoms with Crippen LogP contribution in [0.3, 0.4) is 0 Å². The van der Waals surface area contributed by atoms with Gasteiger partial charge in [-0.05, 0) is 44.3 Å². The second kappa shape index (κ2) is 10.5. The highest BCUT2D eigenvalue weighted by molar-refractivity contribution is 5.94. The lowest BCUT2D eigenvalue weighted by molar-refractivity contribution is 0.0943. The average molecular weight is 407 g/mol. The number of hydrogen-bond acceptors (Lipinski definition) is 5. The number of aromatic nitrogens is 3. The fourth-order valence-electron chi connectivity index (χ4n) is 3.28. The van der Waals surface area contributed by atoms with Gasteiger partial charge in [0.25, 0.3) is 5.91 Å². The number of hydrogen-bond donors (Lipinski definition) is 2. The third-order valence-electron chi connectivity index (χ3n) is 5.08. The minimum Gasteiger partial charge on any atom is -0.351 e. The molecule has 3 rings (SSSR count). The molecule has 0 bridgehead atoms. The van der Waals surface area contributed by atoms with Gasteiger partial charge in [0.2, 0.25) is 5.95 Å². The number of carbonyl (C=O) groups excluding carboxylic acids is 1. The molecule has 2 aromatic heterocycles. The minimum absolute atomic E-state index is 0.0634. The Labute approximate surface area is 178 Å². The summed E-state index contributed by atoms with van der Waals surface area (Å²) in [5.74, 6) is 0.471. The molecule has 0 spiro atoms. The van der Waals surface area contributed by atoms with E-state index in [1.807, 2.05) is 54.2 Å². The number of anilines is 2. The molecule has 158 valence electrons. The molecule has 2 N–H and O–H groups in total. The van der Waals surface area contributed by atoms with E-state index in [0.717, 1.165) is 42.9 Å². The summed E-state index contributed by atoms with van der Waals surface area (Å²) < 4.78 is 1.84. The van der Waals surface area contributed by atoms with Crippen molar-refractivity contribution in [2.24, 2.45) is 7.05 Å². The van der Waals surface area contributed by atoms with Gasteiger partial charge in [0.15, 0.2) is 0 Å². The first-order chi connectivity index (χ1) is 14.6. The number of carbonyl (C=O) groups is 1. The van der Waals surface area contributed by atoms with Crippen LogP contribution in [-0.2, 0) is 7.05 Å². The largest absolute Gasteiger partial charge is 0.351 e. The van der Waals surface area contributed by atoms with Gasteiger partial charge in [-0.15, -0.1) is 0 Å². The number of aryl methyl sites for hydroxylation is 1. The van der Waals surface area contributed by atoms with Crippen molar-refractivity contribution in [2.75, 3.05) is 31.5 Å². The Morgan fingerprint density at radius 1 is 1.07 bits per heavy atom. The van der Waals surface area contributed by atoms with Gasteiger partial charge in [-0.25, -0.2) is 9.97 Å². The van der Waals surface area contributed by atoms with E-state index >= 15 is 0 Å². The second-order valence-corrected chi connectivity index (χ2v) is 7.15. The number of rotatable bonds is 10. The smallest absolute Gasteiger partial charge is 0.267 e. The highest BCUT2D eigenvalue weighted by atomic mass is 16.1. The first kappa shape index (κ1) is 21.5. The zero-order chi connectivity index (χ0) is 21.3. The van der Waals surface area contributed by atoms with Crippen molar-refractivity contribution in [3.8, 4) is 11.1 Å². The molecule has 0 fully saturated rings. The Kier molecular flexibility index (Phi) is 7.57. The number of benzene rings is 1. The van der Waals surface area contributed by atoms with Crippen LogP contribution in [0.15, 0.2) is 55.0 Å². The number of nitrogens with zero attached hydrogens (tertiary/aromatic N) is 4. The van der Waals surface area contributed by atoms with Crippen molar-refractivity contribution >= 4 is 17.5 Å². The first-order valence-electron chi connectivity index (χ1n) is 10.4. The first-order valence-corrected chi connectivity index (χ1v) is 10.4. The molecule has 0 saturated heterocycles. The van der Waals surface area contributed by atoms with E-state index in [9.17, 15) is 4.79 Å². The maximum absolute atomic E-state index is 12.6. The topological polar surface area (TPSA) is 75.1 Å². The van der Waals surface area contributed by atoms with Gasteiger partial charge in [0.1, 0.15) is 5.69 Å². The van der Waals surface area contributed by atoms with Gasteiger partial charge >= 0.3 is 0 Å². The van der Waals surface area contributed by atoms with Crippen LogP contribution in [0.1, 0.15) is 30.8 Å². The normalized spacial score (nSPS) is 10.9. The predicted molar refractivity (Wildman–Crippen MR) is 121 cm³/mol. The Balaban J connectivity index is 1.59. The van der Waals surface area contributed by atoms with E-state index in [0.29, 0.717) is 18.2 Å². The van der Waals surface area contributed by atoms with Crippen molar-refractivity contribution in [1.29, 1.82) is 0 Å². The molecule has 0 aliphatic carbocycles. The molecule has 7 heteroatoms. The maximum atomic E-state index is 12.6. The average Bonchev–Trinajstić information content (AvgIpc) is 3.16. The number of nitrogens with one attached hydrogen (secondary N) is 2. The molecule has 30 heavy (non-hydrogen) atoms. The van der Waals surface area contributed by atoms with E-state index < -0.39 is 0 Å². The summed E-state index contributed by atoms with van der Waals surface area (Å²) in [6.07, 6.45) is 6.39. The third-order valence-corrected chi connectivity index (χ3v) is 5.08. The van der Waals surface area contributed by atoms with Crippen LogP contribution in [0.4, 0.5) is 11.6 Å². The lowest BCUT2D eigenvalue weighted by Crippen LogP contribution is -2.30. The van der Waals surface area contributed by atoms with Crippen LogP contribution in [0.2, 0.25) is 0 Å². The number of amides is 1. The molecule has 0 unspecified atom stereocenters. The second-order valence-electron chi connectivity index (χ2n) is 7.15. The van der Waals surface area contributed by atoms with E-state index in [4.69, 9.17) is 0 Å².